The topological polar surface area (TPSA) is 63.1 Å². The van der Waals surface area contributed by atoms with Gasteiger partial charge in [0.05, 0.1) is 24.9 Å². The number of aromatic amines is 1. The van der Waals surface area contributed by atoms with Crippen molar-refractivity contribution in [3.63, 3.8) is 0 Å². The predicted octanol–water partition coefficient (Wildman–Crippen LogP) is 5.10. The summed E-state index contributed by atoms with van der Waals surface area (Å²) in [5, 5.41) is 3.74. The number of ketones is 1. The summed E-state index contributed by atoms with van der Waals surface area (Å²) in [4.78, 5) is 19.2. The zero-order chi connectivity index (χ0) is 22.8. The van der Waals surface area contributed by atoms with Crippen LogP contribution in [0.4, 0.5) is 8.78 Å². The van der Waals surface area contributed by atoms with Crippen molar-refractivity contribution in [2.45, 2.75) is 19.5 Å². The number of ether oxygens (including phenoxy) is 1. The molecule has 1 fully saturated rings. The van der Waals surface area contributed by atoms with E-state index in [4.69, 9.17) is 28.6 Å². The quantitative estimate of drug-likeness (QED) is 0.394. The first-order valence-corrected chi connectivity index (χ1v) is 10.9. The molecule has 0 atom stereocenters. The molecule has 1 saturated heterocycles. The van der Waals surface area contributed by atoms with E-state index in [1.165, 1.54) is 0 Å². The van der Waals surface area contributed by atoms with Gasteiger partial charge in [0.2, 0.25) is 4.77 Å². The summed E-state index contributed by atoms with van der Waals surface area (Å²) in [5.74, 6) is -0.839. The Kier molecular flexibility index (Phi) is 6.68. The SMILES string of the molecule is COc1ccc(Cl)cc1-c1nc(=S)n(CN2CCC(C(=O)c3cc(F)ccc3F)CC2)[nH]1. The fourth-order valence-corrected chi connectivity index (χ4v) is 4.25. The van der Waals surface area contributed by atoms with Crippen LogP contribution in [-0.4, -0.2) is 45.6 Å². The van der Waals surface area contributed by atoms with Crippen molar-refractivity contribution in [2.24, 2.45) is 5.92 Å². The van der Waals surface area contributed by atoms with Crippen LogP contribution >= 0.6 is 23.8 Å². The van der Waals surface area contributed by atoms with E-state index in [2.05, 4.69) is 15.0 Å². The summed E-state index contributed by atoms with van der Waals surface area (Å²) >= 11 is 11.5. The van der Waals surface area contributed by atoms with Crippen molar-refractivity contribution >= 4 is 29.6 Å². The highest BCUT2D eigenvalue weighted by molar-refractivity contribution is 7.71. The third kappa shape index (κ3) is 4.74. The molecule has 6 nitrogen and oxygen atoms in total. The molecule has 0 spiro atoms. The standard InChI is InChI=1S/C22H21ClF2N4O2S/c1-31-19-5-2-14(23)10-17(19)21-26-22(32)29(27-21)12-28-8-6-13(7-9-28)20(30)16-11-15(24)3-4-18(16)25/h2-5,10-11,13H,6-9,12H2,1H3,(H,26,27,32). The highest BCUT2D eigenvalue weighted by Crippen LogP contribution is 2.30. The molecule has 1 aliphatic heterocycles. The smallest absolute Gasteiger partial charge is 0.217 e. The number of benzene rings is 2. The minimum Gasteiger partial charge on any atom is -0.496 e. The van der Waals surface area contributed by atoms with Crippen LogP contribution in [0.2, 0.25) is 5.02 Å². The lowest BCUT2D eigenvalue weighted by molar-refractivity contribution is 0.0799. The number of methoxy groups -OCH3 is 1. The van der Waals surface area contributed by atoms with Gasteiger partial charge in [0.1, 0.15) is 17.4 Å². The van der Waals surface area contributed by atoms with Crippen LogP contribution in [0.25, 0.3) is 11.4 Å². The Hall–Kier alpha value is -2.62. The molecule has 2 aromatic carbocycles. The number of halogens is 3. The van der Waals surface area contributed by atoms with Crippen LogP contribution in [0.3, 0.4) is 0 Å². The van der Waals surface area contributed by atoms with Crippen molar-refractivity contribution < 1.29 is 18.3 Å². The van der Waals surface area contributed by atoms with Gasteiger partial charge in [-0.2, -0.15) is 4.98 Å². The van der Waals surface area contributed by atoms with Gasteiger partial charge in [0.25, 0.3) is 0 Å². The summed E-state index contributed by atoms with van der Waals surface area (Å²) < 4.78 is 34.9. The molecule has 0 radical (unpaired) electrons. The Labute approximate surface area is 193 Å². The number of nitrogens with one attached hydrogen (secondary N) is 1. The molecule has 2 heterocycles. The van der Waals surface area contributed by atoms with Crippen LogP contribution in [0.1, 0.15) is 23.2 Å². The van der Waals surface area contributed by atoms with Gasteiger partial charge in [0.15, 0.2) is 11.6 Å². The van der Waals surface area contributed by atoms with Gasteiger partial charge in [-0.15, -0.1) is 0 Å². The second kappa shape index (κ2) is 9.48. The zero-order valence-corrected chi connectivity index (χ0v) is 18.8. The van der Waals surface area contributed by atoms with E-state index in [0.717, 1.165) is 18.2 Å². The normalized spacial score (nSPS) is 15.1. The van der Waals surface area contributed by atoms with Crippen molar-refractivity contribution in [3.8, 4) is 17.1 Å². The van der Waals surface area contributed by atoms with Gasteiger partial charge >= 0.3 is 0 Å². The number of hydrogen-bond donors (Lipinski definition) is 1. The van der Waals surface area contributed by atoms with Gasteiger partial charge in [-0.1, -0.05) is 11.6 Å². The van der Waals surface area contributed by atoms with E-state index in [1.807, 2.05) is 0 Å². The maximum atomic E-state index is 14.0. The molecule has 3 aromatic rings. The first-order valence-electron chi connectivity index (χ1n) is 10.1. The summed E-state index contributed by atoms with van der Waals surface area (Å²) in [5.41, 5.74) is 0.519. The summed E-state index contributed by atoms with van der Waals surface area (Å²) in [6.07, 6.45) is 1.09. The van der Waals surface area contributed by atoms with Gasteiger partial charge in [-0.05, 0) is 61.5 Å². The Morgan fingerprint density at radius 2 is 2.00 bits per heavy atom. The average Bonchev–Trinajstić information content (AvgIpc) is 3.15. The molecule has 10 heteroatoms. The summed E-state index contributed by atoms with van der Waals surface area (Å²) in [7, 11) is 1.57. The van der Waals surface area contributed by atoms with E-state index >= 15 is 0 Å². The molecule has 0 bridgehead atoms. The highest BCUT2D eigenvalue weighted by atomic mass is 35.5. The molecule has 0 aliphatic carbocycles. The van der Waals surface area contributed by atoms with Crippen molar-refractivity contribution in [1.82, 2.24) is 19.7 Å². The lowest BCUT2D eigenvalue weighted by Gasteiger charge is -2.31. The van der Waals surface area contributed by atoms with Crippen molar-refractivity contribution in [1.29, 1.82) is 0 Å². The number of piperidine rings is 1. The number of aromatic nitrogens is 3. The van der Waals surface area contributed by atoms with Gasteiger partial charge < -0.3 is 4.74 Å². The second-order valence-electron chi connectivity index (χ2n) is 7.65. The molecule has 168 valence electrons. The number of likely N-dealkylation sites (tertiary alicyclic amines) is 1. The third-order valence-electron chi connectivity index (χ3n) is 5.59. The Balaban J connectivity index is 1.43. The fourth-order valence-electron chi connectivity index (χ4n) is 3.88. The Morgan fingerprint density at radius 3 is 2.72 bits per heavy atom. The zero-order valence-electron chi connectivity index (χ0n) is 17.3. The fraction of sp³-hybridized carbons (Fsp3) is 0.318. The third-order valence-corrected chi connectivity index (χ3v) is 6.14. The van der Waals surface area contributed by atoms with Gasteiger partial charge in [-0.3, -0.25) is 14.8 Å². The van der Waals surface area contributed by atoms with Crippen LogP contribution < -0.4 is 4.74 Å². The number of H-pyrrole nitrogens is 1. The molecule has 4 rings (SSSR count). The van der Waals surface area contributed by atoms with Crippen LogP contribution in [-0.2, 0) is 6.67 Å². The van der Waals surface area contributed by atoms with Crippen LogP contribution in [0, 0.1) is 22.3 Å². The number of rotatable bonds is 6. The van der Waals surface area contributed by atoms with Crippen molar-refractivity contribution in [3.05, 3.63) is 63.4 Å². The molecule has 0 amide bonds. The number of Topliss-reactive ketones (excluding diaryl/α,β-unsaturated/α-hetero) is 1. The van der Waals surface area contributed by atoms with Crippen LogP contribution in [0.15, 0.2) is 36.4 Å². The monoisotopic (exact) mass is 478 g/mol. The molecular weight excluding hydrogens is 458 g/mol. The Morgan fingerprint density at radius 1 is 1.25 bits per heavy atom. The largest absolute Gasteiger partial charge is 0.496 e. The van der Waals surface area contributed by atoms with E-state index in [1.54, 1.807) is 30.0 Å². The molecule has 0 saturated carbocycles. The maximum Gasteiger partial charge on any atom is 0.217 e. The number of nitrogens with zero attached hydrogens (tertiary/aromatic N) is 3. The molecule has 1 aliphatic rings. The van der Waals surface area contributed by atoms with Gasteiger partial charge in [-0.25, -0.2) is 13.5 Å². The molecular formula is C22H21ClF2N4O2S. The molecule has 32 heavy (non-hydrogen) atoms. The molecule has 1 aromatic heterocycles. The Bertz CT molecular complexity index is 1200. The molecule has 1 N–H and O–H groups in total. The average molecular weight is 479 g/mol. The number of carbonyl (C=O) groups excluding carboxylic acids is 1. The van der Waals surface area contributed by atoms with Crippen LogP contribution in [0.5, 0.6) is 5.75 Å². The number of hydrogen-bond acceptors (Lipinski definition) is 5. The van der Waals surface area contributed by atoms with E-state index in [-0.39, 0.29) is 17.3 Å². The predicted molar refractivity (Wildman–Crippen MR) is 119 cm³/mol. The summed E-state index contributed by atoms with van der Waals surface area (Å²) in [6.45, 7) is 1.69. The lowest BCUT2D eigenvalue weighted by atomic mass is 9.89. The lowest BCUT2D eigenvalue weighted by Crippen LogP contribution is -2.37. The number of carbonyl (C=O) groups is 1. The van der Waals surface area contributed by atoms with E-state index in [0.29, 0.717) is 59.5 Å². The van der Waals surface area contributed by atoms with E-state index < -0.39 is 11.6 Å². The minimum atomic E-state index is -0.688. The van der Waals surface area contributed by atoms with Crippen molar-refractivity contribution in [2.75, 3.05) is 20.2 Å². The van der Waals surface area contributed by atoms with Gasteiger partial charge in [0, 0.05) is 24.0 Å². The first kappa shape index (κ1) is 22.6. The minimum absolute atomic E-state index is 0.181. The highest BCUT2D eigenvalue weighted by Gasteiger charge is 2.28. The molecule has 0 unspecified atom stereocenters. The first-order chi connectivity index (χ1) is 15.4. The van der Waals surface area contributed by atoms with E-state index in [9.17, 15) is 13.6 Å². The second-order valence-corrected chi connectivity index (χ2v) is 8.45. The maximum absolute atomic E-state index is 14.0. The summed E-state index contributed by atoms with van der Waals surface area (Å²) in [6, 6.07) is 8.22.